The SMILES string of the molecule is COc1cccc(CN2CCCC3(CCNC3=O)CC2)n1.O=C(O)C(F)(F)F. The number of aromatic nitrogens is 1. The summed E-state index contributed by atoms with van der Waals surface area (Å²) in [5.74, 6) is -1.83. The monoisotopic (exact) mass is 403 g/mol. The fourth-order valence-corrected chi connectivity index (χ4v) is 3.49. The van der Waals surface area contributed by atoms with E-state index in [9.17, 15) is 18.0 Å². The second kappa shape index (κ2) is 9.22. The zero-order valence-electron chi connectivity index (χ0n) is 15.6. The molecular formula is C18H24F3N3O4. The van der Waals surface area contributed by atoms with Crippen molar-refractivity contribution in [1.82, 2.24) is 15.2 Å². The number of hydrogen-bond donors (Lipinski definition) is 2. The molecule has 2 aliphatic heterocycles. The predicted octanol–water partition coefficient (Wildman–Crippen LogP) is 2.22. The van der Waals surface area contributed by atoms with E-state index in [2.05, 4.69) is 15.2 Å². The molecule has 0 radical (unpaired) electrons. The van der Waals surface area contributed by atoms with Crippen LogP contribution in [0.2, 0.25) is 0 Å². The van der Waals surface area contributed by atoms with E-state index in [1.807, 2.05) is 18.2 Å². The Bertz CT molecular complexity index is 699. The molecule has 7 nitrogen and oxygen atoms in total. The lowest BCUT2D eigenvalue weighted by Gasteiger charge is -2.24. The van der Waals surface area contributed by atoms with Gasteiger partial charge in [0, 0.05) is 19.2 Å². The van der Waals surface area contributed by atoms with Gasteiger partial charge in [0.2, 0.25) is 11.8 Å². The highest BCUT2D eigenvalue weighted by Crippen LogP contribution is 2.38. The number of ether oxygens (including phenoxy) is 1. The number of nitrogens with zero attached hydrogens (tertiary/aromatic N) is 2. The standard InChI is InChI=1S/C16H23N3O2.C2HF3O2/c1-21-14-5-2-4-13(18-14)12-19-10-3-6-16(8-11-19)7-9-17-15(16)20;3-2(4,5)1(6)7/h2,4-5H,3,6-12H2,1H3,(H,17,20);(H,6,7). The van der Waals surface area contributed by atoms with Crippen molar-refractivity contribution in [3.8, 4) is 5.88 Å². The van der Waals surface area contributed by atoms with Crippen molar-refractivity contribution in [3.05, 3.63) is 23.9 Å². The second-order valence-electron chi connectivity index (χ2n) is 6.89. The fourth-order valence-electron chi connectivity index (χ4n) is 3.49. The highest BCUT2D eigenvalue weighted by molar-refractivity contribution is 5.84. The molecule has 3 rings (SSSR count). The van der Waals surface area contributed by atoms with Gasteiger partial charge in [-0.3, -0.25) is 9.69 Å². The van der Waals surface area contributed by atoms with E-state index in [0.717, 1.165) is 57.6 Å². The van der Waals surface area contributed by atoms with Gasteiger partial charge in [-0.2, -0.15) is 13.2 Å². The van der Waals surface area contributed by atoms with Crippen LogP contribution in [-0.4, -0.2) is 59.8 Å². The van der Waals surface area contributed by atoms with Crippen LogP contribution >= 0.6 is 0 Å². The van der Waals surface area contributed by atoms with Gasteiger partial charge in [0.25, 0.3) is 0 Å². The number of pyridine rings is 1. The van der Waals surface area contributed by atoms with Gasteiger partial charge in [0.1, 0.15) is 0 Å². The molecular weight excluding hydrogens is 379 g/mol. The summed E-state index contributed by atoms with van der Waals surface area (Å²) in [6, 6.07) is 5.88. The summed E-state index contributed by atoms with van der Waals surface area (Å²) >= 11 is 0. The summed E-state index contributed by atoms with van der Waals surface area (Å²) in [7, 11) is 1.64. The summed E-state index contributed by atoms with van der Waals surface area (Å²) in [4.78, 5) is 27.9. The number of amides is 1. The Morgan fingerprint density at radius 2 is 2.04 bits per heavy atom. The molecule has 156 valence electrons. The third kappa shape index (κ3) is 5.82. The third-order valence-electron chi connectivity index (χ3n) is 5.03. The van der Waals surface area contributed by atoms with Crippen LogP contribution in [0.4, 0.5) is 13.2 Å². The zero-order valence-corrected chi connectivity index (χ0v) is 15.6. The molecule has 1 unspecified atom stereocenters. The maximum atomic E-state index is 12.1. The number of halogens is 3. The molecule has 10 heteroatoms. The number of carbonyl (C=O) groups excluding carboxylic acids is 1. The van der Waals surface area contributed by atoms with E-state index in [1.165, 1.54) is 0 Å². The lowest BCUT2D eigenvalue weighted by atomic mass is 9.79. The first-order valence-corrected chi connectivity index (χ1v) is 8.97. The Balaban J connectivity index is 0.000000345. The topological polar surface area (TPSA) is 91.8 Å². The van der Waals surface area contributed by atoms with Crippen molar-refractivity contribution in [1.29, 1.82) is 0 Å². The van der Waals surface area contributed by atoms with E-state index in [4.69, 9.17) is 14.6 Å². The number of alkyl halides is 3. The minimum absolute atomic E-state index is 0.101. The molecule has 28 heavy (non-hydrogen) atoms. The van der Waals surface area contributed by atoms with Crippen LogP contribution in [0, 0.1) is 5.41 Å². The minimum atomic E-state index is -5.08. The fraction of sp³-hybridized carbons (Fsp3) is 0.611. The first-order valence-electron chi connectivity index (χ1n) is 8.97. The lowest BCUT2D eigenvalue weighted by molar-refractivity contribution is -0.192. The molecule has 1 spiro atoms. The van der Waals surface area contributed by atoms with Crippen molar-refractivity contribution in [2.24, 2.45) is 5.41 Å². The van der Waals surface area contributed by atoms with Crippen molar-refractivity contribution >= 4 is 11.9 Å². The molecule has 2 aliphatic rings. The number of nitrogens with one attached hydrogen (secondary N) is 1. The normalized spacial score (nSPS) is 22.8. The number of likely N-dealkylation sites (tertiary alicyclic amines) is 1. The molecule has 1 amide bonds. The molecule has 1 aromatic rings. The number of carbonyl (C=O) groups is 2. The van der Waals surface area contributed by atoms with Crippen LogP contribution in [0.3, 0.4) is 0 Å². The van der Waals surface area contributed by atoms with E-state index in [-0.39, 0.29) is 11.3 Å². The Kier molecular flexibility index (Phi) is 7.22. The first-order chi connectivity index (χ1) is 13.2. The Morgan fingerprint density at radius 3 is 2.61 bits per heavy atom. The smallest absolute Gasteiger partial charge is 0.481 e. The summed E-state index contributed by atoms with van der Waals surface area (Å²) < 4.78 is 36.9. The van der Waals surface area contributed by atoms with Gasteiger partial charge in [-0.1, -0.05) is 6.07 Å². The van der Waals surface area contributed by atoms with E-state index >= 15 is 0 Å². The molecule has 1 aromatic heterocycles. The predicted molar refractivity (Wildman–Crippen MR) is 93.7 cm³/mol. The molecule has 2 fully saturated rings. The van der Waals surface area contributed by atoms with E-state index in [1.54, 1.807) is 7.11 Å². The van der Waals surface area contributed by atoms with Crippen molar-refractivity contribution in [3.63, 3.8) is 0 Å². The number of rotatable bonds is 3. The molecule has 2 saturated heterocycles. The maximum Gasteiger partial charge on any atom is 0.490 e. The summed E-state index contributed by atoms with van der Waals surface area (Å²) in [6.07, 6.45) is -1.03. The second-order valence-corrected chi connectivity index (χ2v) is 6.89. The Morgan fingerprint density at radius 1 is 1.32 bits per heavy atom. The van der Waals surface area contributed by atoms with Crippen molar-refractivity contribution in [2.75, 3.05) is 26.7 Å². The largest absolute Gasteiger partial charge is 0.490 e. The Labute approximate surface area is 160 Å². The quantitative estimate of drug-likeness (QED) is 0.804. The van der Waals surface area contributed by atoms with Crippen LogP contribution in [0.5, 0.6) is 5.88 Å². The van der Waals surface area contributed by atoms with Crippen LogP contribution < -0.4 is 10.1 Å². The number of carboxylic acid groups (broad SMARTS) is 1. The molecule has 0 bridgehead atoms. The average Bonchev–Trinajstić information content (AvgIpc) is 2.86. The highest BCUT2D eigenvalue weighted by atomic mass is 19.4. The van der Waals surface area contributed by atoms with Gasteiger partial charge in [-0.05, 0) is 44.8 Å². The molecule has 0 saturated carbocycles. The van der Waals surface area contributed by atoms with Crippen LogP contribution in [0.1, 0.15) is 31.4 Å². The lowest BCUT2D eigenvalue weighted by Crippen LogP contribution is -2.32. The number of methoxy groups -OCH3 is 1. The van der Waals surface area contributed by atoms with Crippen molar-refractivity contribution < 1.29 is 32.6 Å². The highest BCUT2D eigenvalue weighted by Gasteiger charge is 2.42. The summed E-state index contributed by atoms with van der Waals surface area (Å²) in [5.41, 5.74) is 0.928. The molecule has 1 atom stereocenters. The zero-order chi connectivity index (χ0) is 20.8. The number of carboxylic acids is 1. The van der Waals surface area contributed by atoms with Gasteiger partial charge in [0.05, 0.1) is 18.2 Å². The number of aliphatic carboxylic acids is 1. The van der Waals surface area contributed by atoms with Gasteiger partial charge >= 0.3 is 12.1 Å². The molecule has 2 N–H and O–H groups in total. The van der Waals surface area contributed by atoms with Crippen molar-refractivity contribution in [2.45, 2.75) is 38.4 Å². The maximum absolute atomic E-state index is 12.1. The van der Waals surface area contributed by atoms with Crippen LogP contribution in [0.15, 0.2) is 18.2 Å². The van der Waals surface area contributed by atoms with Gasteiger partial charge < -0.3 is 15.2 Å². The minimum Gasteiger partial charge on any atom is -0.481 e. The number of hydrogen-bond acceptors (Lipinski definition) is 5. The first kappa shape index (κ1) is 21.9. The van der Waals surface area contributed by atoms with Crippen LogP contribution in [-0.2, 0) is 16.1 Å². The summed E-state index contributed by atoms with van der Waals surface area (Å²) in [5, 5.41) is 10.1. The van der Waals surface area contributed by atoms with Crippen LogP contribution in [0.25, 0.3) is 0 Å². The van der Waals surface area contributed by atoms with Gasteiger partial charge in [-0.15, -0.1) is 0 Å². The average molecular weight is 403 g/mol. The van der Waals surface area contributed by atoms with Gasteiger partial charge in [-0.25, -0.2) is 9.78 Å². The van der Waals surface area contributed by atoms with Gasteiger partial charge in [0.15, 0.2) is 0 Å². The van der Waals surface area contributed by atoms with E-state index in [0.29, 0.717) is 5.88 Å². The summed E-state index contributed by atoms with van der Waals surface area (Å²) in [6.45, 7) is 3.67. The molecule has 3 heterocycles. The third-order valence-corrected chi connectivity index (χ3v) is 5.03. The molecule has 0 aliphatic carbocycles. The van der Waals surface area contributed by atoms with E-state index < -0.39 is 12.1 Å². The Hall–Kier alpha value is -2.36. The molecule has 0 aromatic carbocycles.